The summed E-state index contributed by atoms with van der Waals surface area (Å²) in [7, 11) is 0. The molecular formula is C27H42N2O2S. The maximum Gasteiger partial charge on any atom is 0.156 e. The van der Waals surface area contributed by atoms with E-state index in [1.54, 1.807) is 12.5 Å². The summed E-state index contributed by atoms with van der Waals surface area (Å²) in [5.74, 6) is 3.47. The Labute approximate surface area is 199 Å². The first kappa shape index (κ1) is 23.0. The molecule has 0 amide bonds. The lowest BCUT2D eigenvalue weighted by molar-refractivity contribution is -0.155. The highest BCUT2D eigenvalue weighted by molar-refractivity contribution is 7.80. The lowest BCUT2D eigenvalue weighted by Crippen LogP contribution is -2.56. The van der Waals surface area contributed by atoms with E-state index in [4.69, 9.17) is 0 Å². The van der Waals surface area contributed by atoms with Crippen LogP contribution in [0.4, 0.5) is 0 Å². The van der Waals surface area contributed by atoms with Crippen LogP contribution in [-0.4, -0.2) is 31.3 Å². The highest BCUT2D eigenvalue weighted by atomic mass is 32.1. The van der Waals surface area contributed by atoms with Crippen molar-refractivity contribution in [1.29, 1.82) is 0 Å². The Morgan fingerprint density at radius 3 is 2.62 bits per heavy atom. The van der Waals surface area contributed by atoms with Gasteiger partial charge in [-0.3, -0.25) is 4.79 Å². The molecule has 4 fully saturated rings. The third-order valence-corrected chi connectivity index (χ3v) is 11.0. The lowest BCUT2D eigenvalue weighted by atomic mass is 9.43. The monoisotopic (exact) mass is 458 g/mol. The van der Waals surface area contributed by atoms with Crippen molar-refractivity contribution in [3.05, 3.63) is 18.7 Å². The summed E-state index contributed by atoms with van der Waals surface area (Å²) in [5, 5.41) is 11.5. The first-order valence-electron chi connectivity index (χ1n) is 13.0. The van der Waals surface area contributed by atoms with Crippen molar-refractivity contribution in [3.63, 3.8) is 0 Å². The molecule has 0 aliphatic heterocycles. The van der Waals surface area contributed by atoms with Crippen LogP contribution >= 0.6 is 12.6 Å². The molecule has 0 bridgehead atoms. The number of nitrogens with zero attached hydrogens (tertiary/aromatic N) is 2. The molecule has 5 heteroatoms. The van der Waals surface area contributed by atoms with E-state index in [9.17, 15) is 9.90 Å². The molecule has 5 rings (SSSR count). The summed E-state index contributed by atoms with van der Waals surface area (Å²) in [4.78, 5) is 17.4. The van der Waals surface area contributed by atoms with Gasteiger partial charge in [0.2, 0.25) is 0 Å². The molecule has 9 atom stereocenters. The van der Waals surface area contributed by atoms with Gasteiger partial charge >= 0.3 is 0 Å². The number of Topliss-reactive ketones (excluding diaryl/α,β-unsaturated/α-hetero) is 1. The Kier molecular flexibility index (Phi) is 5.84. The molecule has 0 radical (unpaired) electrons. The summed E-state index contributed by atoms with van der Waals surface area (Å²) in [6.07, 6.45) is 16.6. The molecule has 4 nitrogen and oxygen atoms in total. The fourth-order valence-corrected chi connectivity index (χ4v) is 9.60. The fraction of sp³-hybridized carbons (Fsp3) is 0.852. The van der Waals surface area contributed by atoms with Crippen molar-refractivity contribution in [1.82, 2.24) is 9.55 Å². The molecule has 1 aromatic rings. The minimum Gasteiger partial charge on any atom is -0.390 e. The van der Waals surface area contributed by atoms with Crippen LogP contribution < -0.4 is 0 Å². The number of hydrogen-bond donors (Lipinski definition) is 2. The van der Waals surface area contributed by atoms with E-state index in [-0.39, 0.29) is 16.6 Å². The SMILES string of the molecule is CC(S)C[C@@]1(O)CC[C@]2(C)C3CC[C@@]4(C)C(CC[C@@H]4C(=O)Cn4ccnc4)C3CC[C@H]2C1. The topological polar surface area (TPSA) is 55.1 Å². The number of fused-ring (bicyclic) bond motifs is 5. The number of imidazole rings is 1. The van der Waals surface area contributed by atoms with Crippen molar-refractivity contribution in [2.75, 3.05) is 0 Å². The molecule has 1 heterocycles. The number of hydrogen-bond acceptors (Lipinski definition) is 4. The van der Waals surface area contributed by atoms with E-state index in [0.29, 0.717) is 29.6 Å². The van der Waals surface area contributed by atoms with Gasteiger partial charge in [-0.1, -0.05) is 20.8 Å². The number of carbonyl (C=O) groups is 1. The molecule has 178 valence electrons. The molecule has 1 aromatic heterocycles. The number of carbonyl (C=O) groups excluding carboxylic acids is 1. The van der Waals surface area contributed by atoms with Gasteiger partial charge in [0.15, 0.2) is 5.78 Å². The van der Waals surface area contributed by atoms with Crippen molar-refractivity contribution >= 4 is 18.4 Å². The number of ketones is 1. The summed E-state index contributed by atoms with van der Waals surface area (Å²) >= 11 is 4.59. The van der Waals surface area contributed by atoms with Crippen LogP contribution in [-0.2, 0) is 11.3 Å². The van der Waals surface area contributed by atoms with Gasteiger partial charge in [0.1, 0.15) is 0 Å². The molecule has 0 aromatic carbocycles. The van der Waals surface area contributed by atoms with Gasteiger partial charge in [-0.15, -0.1) is 0 Å². The van der Waals surface area contributed by atoms with Crippen LogP contribution in [0.1, 0.15) is 85.0 Å². The first-order valence-corrected chi connectivity index (χ1v) is 13.6. The molecule has 32 heavy (non-hydrogen) atoms. The van der Waals surface area contributed by atoms with Gasteiger partial charge in [0.05, 0.1) is 18.5 Å². The van der Waals surface area contributed by atoms with Gasteiger partial charge in [0.25, 0.3) is 0 Å². The van der Waals surface area contributed by atoms with E-state index >= 15 is 0 Å². The maximum absolute atomic E-state index is 13.3. The molecule has 4 saturated carbocycles. The number of thiol groups is 1. The van der Waals surface area contributed by atoms with E-state index in [1.807, 2.05) is 10.8 Å². The van der Waals surface area contributed by atoms with Gasteiger partial charge < -0.3 is 9.67 Å². The number of aromatic nitrogens is 2. The number of aliphatic hydroxyl groups is 1. The largest absolute Gasteiger partial charge is 0.390 e. The van der Waals surface area contributed by atoms with Gasteiger partial charge in [-0.05, 0) is 98.7 Å². The Morgan fingerprint density at radius 2 is 1.91 bits per heavy atom. The predicted molar refractivity (Wildman–Crippen MR) is 130 cm³/mol. The van der Waals surface area contributed by atoms with E-state index in [2.05, 4.69) is 38.4 Å². The normalized spacial score (nSPS) is 46.7. The molecule has 4 aliphatic carbocycles. The molecule has 4 aliphatic rings. The smallest absolute Gasteiger partial charge is 0.156 e. The Morgan fingerprint density at radius 1 is 1.12 bits per heavy atom. The Hall–Kier alpha value is -0.810. The lowest BCUT2D eigenvalue weighted by Gasteiger charge is -2.62. The average Bonchev–Trinajstić information content (AvgIpc) is 3.35. The number of rotatable bonds is 5. The minimum absolute atomic E-state index is 0.166. The second kappa shape index (κ2) is 8.15. The third-order valence-electron chi connectivity index (χ3n) is 10.8. The standard InChI is InChI=1S/C27H42N2O2S/c1-18(32)14-27(31)11-10-25(2)19(15-27)4-5-20-21-6-7-23(26(21,3)9-8-22(20)25)24(30)16-29-13-12-28-17-29/h12-13,17-23,31-32H,4-11,14-16H2,1-3H3/t18?,19-,20?,21?,22?,23+,25-,26-,27-/m0/s1. The molecule has 1 N–H and O–H groups in total. The fourth-order valence-electron chi connectivity index (χ4n) is 9.26. The van der Waals surface area contributed by atoms with Crippen LogP contribution in [0.15, 0.2) is 18.7 Å². The van der Waals surface area contributed by atoms with Crippen molar-refractivity contribution in [2.45, 2.75) is 102 Å². The predicted octanol–water partition coefficient (Wildman–Crippen LogP) is 5.55. The Balaban J connectivity index is 1.32. The molecule has 4 unspecified atom stereocenters. The van der Waals surface area contributed by atoms with Crippen molar-refractivity contribution in [2.24, 2.45) is 40.4 Å². The quantitative estimate of drug-likeness (QED) is 0.569. The van der Waals surface area contributed by atoms with Crippen molar-refractivity contribution in [3.8, 4) is 0 Å². The van der Waals surface area contributed by atoms with Crippen LogP contribution in [0.25, 0.3) is 0 Å². The summed E-state index contributed by atoms with van der Waals surface area (Å²) in [6, 6.07) is 0. The van der Waals surface area contributed by atoms with E-state index in [0.717, 1.165) is 43.9 Å². The summed E-state index contributed by atoms with van der Waals surface area (Å²) in [5.41, 5.74) is 0.00761. The highest BCUT2D eigenvalue weighted by Crippen LogP contribution is 2.68. The third kappa shape index (κ3) is 3.70. The van der Waals surface area contributed by atoms with E-state index < -0.39 is 5.60 Å². The first-order chi connectivity index (χ1) is 15.1. The van der Waals surface area contributed by atoms with Crippen LogP contribution in [0.2, 0.25) is 0 Å². The van der Waals surface area contributed by atoms with Gasteiger partial charge in [-0.2, -0.15) is 12.6 Å². The Bertz CT molecular complexity index is 841. The van der Waals surface area contributed by atoms with Crippen LogP contribution in [0.3, 0.4) is 0 Å². The zero-order valence-corrected chi connectivity index (χ0v) is 21.1. The average molecular weight is 459 g/mol. The van der Waals surface area contributed by atoms with E-state index in [1.165, 1.54) is 32.1 Å². The van der Waals surface area contributed by atoms with Gasteiger partial charge in [0, 0.05) is 23.6 Å². The highest BCUT2D eigenvalue weighted by Gasteiger charge is 2.62. The van der Waals surface area contributed by atoms with Crippen LogP contribution in [0, 0.1) is 40.4 Å². The molecule has 0 spiro atoms. The maximum atomic E-state index is 13.3. The summed E-state index contributed by atoms with van der Waals surface area (Å²) in [6.45, 7) is 7.58. The van der Waals surface area contributed by atoms with Gasteiger partial charge in [-0.25, -0.2) is 4.98 Å². The second-order valence-corrected chi connectivity index (χ2v) is 13.4. The zero-order chi connectivity index (χ0) is 22.7. The molecule has 0 saturated heterocycles. The van der Waals surface area contributed by atoms with Crippen molar-refractivity contribution < 1.29 is 9.90 Å². The second-order valence-electron chi connectivity index (χ2n) is 12.5. The van der Waals surface area contributed by atoms with Crippen LogP contribution in [0.5, 0.6) is 0 Å². The molecular weight excluding hydrogens is 416 g/mol. The zero-order valence-electron chi connectivity index (χ0n) is 20.2. The minimum atomic E-state index is -0.514. The summed E-state index contributed by atoms with van der Waals surface area (Å²) < 4.78 is 1.94.